The molecule has 2 aromatic carbocycles. The number of benzene rings is 2. The first kappa shape index (κ1) is 15.8. The van der Waals surface area contributed by atoms with Crippen LogP contribution in [0.15, 0.2) is 54.6 Å². The molecule has 122 valence electrons. The molecule has 0 bridgehead atoms. The van der Waals surface area contributed by atoms with E-state index < -0.39 is 0 Å². The molecule has 0 unspecified atom stereocenters. The van der Waals surface area contributed by atoms with Gasteiger partial charge in [-0.2, -0.15) is 5.10 Å². The van der Waals surface area contributed by atoms with Crippen LogP contribution in [0.1, 0.15) is 18.2 Å². The number of carbonyl (C=O) groups is 1. The summed E-state index contributed by atoms with van der Waals surface area (Å²) in [6.45, 7) is 3.99. The summed E-state index contributed by atoms with van der Waals surface area (Å²) in [6.07, 6.45) is 0. The average Bonchev–Trinajstić information content (AvgIpc) is 2.89. The van der Waals surface area contributed by atoms with Crippen LogP contribution in [0.4, 0.5) is 5.82 Å². The van der Waals surface area contributed by atoms with Crippen LogP contribution in [0.25, 0.3) is 16.8 Å². The Hall–Kier alpha value is -3.08. The van der Waals surface area contributed by atoms with E-state index in [0.717, 1.165) is 28.1 Å². The predicted molar refractivity (Wildman–Crippen MR) is 95.7 cm³/mol. The van der Waals surface area contributed by atoms with Crippen molar-refractivity contribution in [2.24, 2.45) is 0 Å². The fourth-order valence-corrected chi connectivity index (χ4v) is 2.68. The Bertz CT molecular complexity index is 851. The molecular formula is C19H20N4O. The van der Waals surface area contributed by atoms with Crippen LogP contribution in [0.5, 0.6) is 0 Å². The minimum Gasteiger partial charge on any atom is -0.383 e. The van der Waals surface area contributed by atoms with E-state index in [1.165, 1.54) is 6.92 Å². The third kappa shape index (κ3) is 3.15. The SMILES string of the molecule is CC(=O)NCc1ccc(-c2c(C)nn(-c3ccccc3)c2N)cc1. The lowest BCUT2D eigenvalue weighted by Gasteiger charge is -2.07. The quantitative estimate of drug-likeness (QED) is 0.776. The highest BCUT2D eigenvalue weighted by Gasteiger charge is 2.15. The fourth-order valence-electron chi connectivity index (χ4n) is 2.68. The van der Waals surface area contributed by atoms with E-state index in [0.29, 0.717) is 12.4 Å². The van der Waals surface area contributed by atoms with Gasteiger partial charge in [0.25, 0.3) is 0 Å². The number of nitrogens with zero attached hydrogens (tertiary/aromatic N) is 2. The van der Waals surface area contributed by atoms with Crippen LogP contribution in [0.3, 0.4) is 0 Å². The Kier molecular flexibility index (Phi) is 4.33. The number of nitrogens with one attached hydrogen (secondary N) is 1. The molecule has 1 amide bonds. The number of carbonyl (C=O) groups excluding carboxylic acids is 1. The second-order valence-electron chi connectivity index (χ2n) is 5.70. The first-order chi connectivity index (χ1) is 11.6. The number of nitrogen functional groups attached to an aromatic ring is 1. The van der Waals surface area contributed by atoms with Gasteiger partial charge in [0.15, 0.2) is 0 Å². The van der Waals surface area contributed by atoms with Crippen molar-refractivity contribution >= 4 is 11.7 Å². The van der Waals surface area contributed by atoms with Crippen molar-refractivity contribution in [1.82, 2.24) is 15.1 Å². The molecule has 3 N–H and O–H groups in total. The average molecular weight is 320 g/mol. The molecule has 3 rings (SSSR count). The Labute approximate surface area is 141 Å². The number of anilines is 1. The van der Waals surface area contributed by atoms with Crippen LogP contribution < -0.4 is 11.1 Å². The molecule has 5 heteroatoms. The molecule has 0 saturated heterocycles. The van der Waals surface area contributed by atoms with Crippen LogP contribution >= 0.6 is 0 Å². The van der Waals surface area contributed by atoms with Gasteiger partial charge in [0.1, 0.15) is 5.82 Å². The van der Waals surface area contributed by atoms with Crippen molar-refractivity contribution < 1.29 is 4.79 Å². The number of para-hydroxylation sites is 1. The van der Waals surface area contributed by atoms with Crippen LogP contribution in [-0.2, 0) is 11.3 Å². The van der Waals surface area contributed by atoms with Crippen LogP contribution in [0, 0.1) is 6.92 Å². The largest absolute Gasteiger partial charge is 0.383 e. The Morgan fingerprint density at radius 1 is 1.12 bits per heavy atom. The number of amides is 1. The van der Waals surface area contributed by atoms with Crippen molar-refractivity contribution in [2.45, 2.75) is 20.4 Å². The molecule has 1 heterocycles. The summed E-state index contributed by atoms with van der Waals surface area (Å²) in [5.74, 6) is 0.580. The van der Waals surface area contributed by atoms with Gasteiger partial charge in [-0.05, 0) is 30.2 Å². The van der Waals surface area contributed by atoms with E-state index in [1.54, 1.807) is 4.68 Å². The number of hydrogen-bond donors (Lipinski definition) is 2. The molecule has 24 heavy (non-hydrogen) atoms. The molecule has 0 saturated carbocycles. The van der Waals surface area contributed by atoms with Crippen LogP contribution in [-0.4, -0.2) is 15.7 Å². The topological polar surface area (TPSA) is 72.9 Å². The lowest BCUT2D eigenvalue weighted by molar-refractivity contribution is -0.119. The summed E-state index contributed by atoms with van der Waals surface area (Å²) >= 11 is 0. The van der Waals surface area contributed by atoms with Gasteiger partial charge in [0.05, 0.1) is 11.4 Å². The molecule has 0 aliphatic carbocycles. The van der Waals surface area contributed by atoms with Crippen molar-refractivity contribution in [2.75, 3.05) is 5.73 Å². The molecule has 0 aliphatic heterocycles. The zero-order valence-electron chi connectivity index (χ0n) is 13.8. The maximum Gasteiger partial charge on any atom is 0.217 e. The normalized spacial score (nSPS) is 10.6. The third-order valence-electron chi connectivity index (χ3n) is 3.88. The summed E-state index contributed by atoms with van der Waals surface area (Å²) < 4.78 is 1.76. The molecule has 0 spiro atoms. The van der Waals surface area contributed by atoms with Crippen LogP contribution in [0.2, 0.25) is 0 Å². The highest BCUT2D eigenvalue weighted by atomic mass is 16.1. The highest BCUT2D eigenvalue weighted by Crippen LogP contribution is 2.31. The molecule has 0 fully saturated rings. The highest BCUT2D eigenvalue weighted by molar-refractivity contribution is 5.78. The summed E-state index contributed by atoms with van der Waals surface area (Å²) in [4.78, 5) is 11.0. The second kappa shape index (κ2) is 6.58. The number of aromatic nitrogens is 2. The number of hydrogen-bond acceptors (Lipinski definition) is 3. The molecular weight excluding hydrogens is 300 g/mol. The number of nitrogens with two attached hydrogens (primary N) is 1. The number of rotatable bonds is 4. The molecule has 0 aliphatic rings. The maximum atomic E-state index is 11.0. The monoisotopic (exact) mass is 320 g/mol. The summed E-state index contributed by atoms with van der Waals surface area (Å²) in [5, 5.41) is 7.36. The second-order valence-corrected chi connectivity index (χ2v) is 5.70. The third-order valence-corrected chi connectivity index (χ3v) is 3.88. The summed E-state index contributed by atoms with van der Waals surface area (Å²) in [7, 11) is 0. The standard InChI is InChI=1S/C19H20N4O/c1-13-18(16-10-8-15(9-11-16)12-21-14(2)24)19(20)23(22-13)17-6-4-3-5-7-17/h3-11H,12,20H2,1-2H3,(H,21,24). The Balaban J connectivity index is 1.92. The molecule has 0 radical (unpaired) electrons. The molecule has 0 atom stereocenters. The van der Waals surface area contributed by atoms with Gasteiger partial charge in [-0.3, -0.25) is 4.79 Å². The van der Waals surface area contributed by atoms with Gasteiger partial charge in [-0.15, -0.1) is 0 Å². The van der Waals surface area contributed by atoms with Crippen molar-refractivity contribution in [3.05, 3.63) is 65.9 Å². The zero-order chi connectivity index (χ0) is 17.1. The van der Waals surface area contributed by atoms with E-state index in [9.17, 15) is 4.79 Å². The van der Waals surface area contributed by atoms with E-state index in [4.69, 9.17) is 5.73 Å². The molecule has 1 aromatic heterocycles. The maximum absolute atomic E-state index is 11.0. The fraction of sp³-hybridized carbons (Fsp3) is 0.158. The van der Waals surface area contributed by atoms with E-state index in [2.05, 4.69) is 10.4 Å². The number of aryl methyl sites for hydroxylation is 1. The minimum atomic E-state index is -0.0386. The van der Waals surface area contributed by atoms with E-state index >= 15 is 0 Å². The predicted octanol–water partition coefficient (Wildman–Crippen LogP) is 3.07. The van der Waals surface area contributed by atoms with Crippen molar-refractivity contribution in [3.8, 4) is 16.8 Å². The van der Waals surface area contributed by atoms with Gasteiger partial charge >= 0.3 is 0 Å². The first-order valence-corrected chi connectivity index (χ1v) is 7.80. The lowest BCUT2D eigenvalue weighted by atomic mass is 10.0. The smallest absolute Gasteiger partial charge is 0.217 e. The zero-order valence-corrected chi connectivity index (χ0v) is 13.8. The van der Waals surface area contributed by atoms with E-state index in [-0.39, 0.29) is 5.91 Å². The van der Waals surface area contributed by atoms with Gasteiger partial charge < -0.3 is 11.1 Å². The summed E-state index contributed by atoms with van der Waals surface area (Å²) in [6, 6.07) is 17.8. The van der Waals surface area contributed by atoms with Gasteiger partial charge in [-0.25, -0.2) is 4.68 Å². The van der Waals surface area contributed by atoms with Gasteiger partial charge in [0, 0.05) is 19.0 Å². The van der Waals surface area contributed by atoms with Crippen molar-refractivity contribution in [1.29, 1.82) is 0 Å². The van der Waals surface area contributed by atoms with E-state index in [1.807, 2.05) is 61.5 Å². The Morgan fingerprint density at radius 2 is 1.79 bits per heavy atom. The first-order valence-electron chi connectivity index (χ1n) is 7.80. The van der Waals surface area contributed by atoms with Gasteiger partial charge in [0.2, 0.25) is 5.91 Å². The Morgan fingerprint density at radius 3 is 2.42 bits per heavy atom. The molecule has 3 aromatic rings. The lowest BCUT2D eigenvalue weighted by Crippen LogP contribution is -2.18. The minimum absolute atomic E-state index is 0.0386. The molecule has 5 nitrogen and oxygen atoms in total. The van der Waals surface area contributed by atoms with Crippen molar-refractivity contribution in [3.63, 3.8) is 0 Å². The van der Waals surface area contributed by atoms with Gasteiger partial charge in [-0.1, -0.05) is 42.5 Å². The summed E-state index contributed by atoms with van der Waals surface area (Å²) in [5.41, 5.74) is 11.2.